The predicted octanol–water partition coefficient (Wildman–Crippen LogP) is 4.36. The van der Waals surface area contributed by atoms with Crippen molar-refractivity contribution in [2.45, 2.75) is 13.0 Å². The van der Waals surface area contributed by atoms with Crippen LogP contribution >= 0.6 is 27.5 Å². The Bertz CT molecular complexity index is 599. The number of hydrogen-bond donors (Lipinski definition) is 1. The van der Waals surface area contributed by atoms with Crippen LogP contribution in [-0.2, 0) is 4.79 Å². The highest BCUT2D eigenvalue weighted by Gasteiger charge is 2.10. The molecule has 110 valence electrons. The average Bonchev–Trinajstić information content (AvgIpc) is 2.47. The van der Waals surface area contributed by atoms with E-state index in [1.807, 2.05) is 31.2 Å². The number of ether oxygens (including phenoxy) is 1. The largest absolute Gasteiger partial charge is 0.484 e. The second-order valence-electron chi connectivity index (χ2n) is 4.58. The molecule has 21 heavy (non-hydrogen) atoms. The van der Waals surface area contributed by atoms with E-state index in [2.05, 4.69) is 21.2 Å². The number of halogens is 2. The Balaban J connectivity index is 1.83. The summed E-state index contributed by atoms with van der Waals surface area (Å²) in [5.74, 6) is 0.450. The molecule has 0 saturated carbocycles. The highest BCUT2D eigenvalue weighted by atomic mass is 79.9. The van der Waals surface area contributed by atoms with Crippen molar-refractivity contribution in [1.29, 1.82) is 0 Å². The number of nitrogens with one attached hydrogen (secondary N) is 1. The summed E-state index contributed by atoms with van der Waals surface area (Å²) in [5.41, 5.74) is 1.04. The second kappa shape index (κ2) is 7.48. The van der Waals surface area contributed by atoms with Crippen molar-refractivity contribution in [2.24, 2.45) is 0 Å². The molecule has 0 aromatic heterocycles. The van der Waals surface area contributed by atoms with Crippen molar-refractivity contribution in [1.82, 2.24) is 5.32 Å². The highest BCUT2D eigenvalue weighted by molar-refractivity contribution is 9.10. The zero-order valence-electron chi connectivity index (χ0n) is 11.5. The number of hydrogen-bond acceptors (Lipinski definition) is 2. The fourth-order valence-electron chi connectivity index (χ4n) is 1.80. The standard InChI is InChI=1S/C16H15BrClNO2/c1-11(12-2-4-13(17)5-3-12)19-16(20)10-21-15-8-6-14(18)7-9-15/h2-9,11H,10H2,1H3,(H,19,20). The predicted molar refractivity (Wildman–Crippen MR) is 87.6 cm³/mol. The molecule has 1 unspecified atom stereocenters. The summed E-state index contributed by atoms with van der Waals surface area (Å²) in [6.45, 7) is 1.91. The van der Waals surface area contributed by atoms with Crippen LogP contribution < -0.4 is 10.1 Å². The molecule has 0 radical (unpaired) electrons. The van der Waals surface area contributed by atoms with Gasteiger partial charge < -0.3 is 10.1 Å². The average molecular weight is 369 g/mol. The molecule has 2 rings (SSSR count). The van der Waals surface area contributed by atoms with Crippen LogP contribution in [-0.4, -0.2) is 12.5 Å². The van der Waals surface area contributed by atoms with Gasteiger partial charge in [-0.3, -0.25) is 4.79 Å². The Morgan fingerprint density at radius 3 is 2.43 bits per heavy atom. The minimum Gasteiger partial charge on any atom is -0.484 e. The van der Waals surface area contributed by atoms with Gasteiger partial charge in [0.05, 0.1) is 6.04 Å². The molecule has 5 heteroatoms. The first-order chi connectivity index (χ1) is 10.0. The molecule has 0 heterocycles. The lowest BCUT2D eigenvalue weighted by atomic mass is 10.1. The van der Waals surface area contributed by atoms with Crippen LogP contribution in [0.4, 0.5) is 0 Å². The molecule has 1 atom stereocenters. The van der Waals surface area contributed by atoms with Crippen LogP contribution in [0.5, 0.6) is 5.75 Å². The van der Waals surface area contributed by atoms with E-state index < -0.39 is 0 Å². The van der Waals surface area contributed by atoms with Crippen molar-refractivity contribution < 1.29 is 9.53 Å². The first kappa shape index (κ1) is 15.9. The number of amides is 1. The maximum absolute atomic E-state index is 11.9. The van der Waals surface area contributed by atoms with Crippen molar-refractivity contribution >= 4 is 33.4 Å². The third-order valence-corrected chi connectivity index (χ3v) is 3.71. The molecule has 2 aromatic rings. The van der Waals surface area contributed by atoms with Crippen LogP contribution in [0.3, 0.4) is 0 Å². The first-order valence-electron chi connectivity index (χ1n) is 6.48. The fourth-order valence-corrected chi connectivity index (χ4v) is 2.19. The van der Waals surface area contributed by atoms with Gasteiger partial charge in [-0.2, -0.15) is 0 Å². The number of carbonyl (C=O) groups is 1. The van der Waals surface area contributed by atoms with E-state index in [1.54, 1.807) is 24.3 Å². The lowest BCUT2D eigenvalue weighted by Crippen LogP contribution is -2.31. The van der Waals surface area contributed by atoms with E-state index in [4.69, 9.17) is 16.3 Å². The molecule has 0 bridgehead atoms. The van der Waals surface area contributed by atoms with Crippen LogP contribution in [0, 0.1) is 0 Å². The lowest BCUT2D eigenvalue weighted by Gasteiger charge is -2.15. The minimum absolute atomic E-state index is 0.0253. The maximum Gasteiger partial charge on any atom is 0.258 e. The Hall–Kier alpha value is -1.52. The van der Waals surface area contributed by atoms with E-state index in [0.29, 0.717) is 10.8 Å². The quantitative estimate of drug-likeness (QED) is 0.851. The first-order valence-corrected chi connectivity index (χ1v) is 7.65. The van der Waals surface area contributed by atoms with Gasteiger partial charge in [0.25, 0.3) is 5.91 Å². The lowest BCUT2D eigenvalue weighted by molar-refractivity contribution is -0.123. The summed E-state index contributed by atoms with van der Waals surface area (Å²) in [7, 11) is 0. The molecule has 0 aliphatic carbocycles. The summed E-state index contributed by atoms with van der Waals surface area (Å²) in [5, 5.41) is 3.53. The van der Waals surface area contributed by atoms with Gasteiger partial charge in [0.15, 0.2) is 6.61 Å². The van der Waals surface area contributed by atoms with Crippen molar-refractivity contribution in [3.8, 4) is 5.75 Å². The maximum atomic E-state index is 11.9. The SMILES string of the molecule is CC(NC(=O)COc1ccc(Cl)cc1)c1ccc(Br)cc1. The fraction of sp³-hybridized carbons (Fsp3) is 0.188. The molecule has 0 aliphatic rings. The Labute approximate surface area is 137 Å². The molecule has 1 amide bonds. The van der Waals surface area contributed by atoms with E-state index >= 15 is 0 Å². The Morgan fingerprint density at radius 1 is 1.19 bits per heavy atom. The van der Waals surface area contributed by atoms with E-state index in [-0.39, 0.29) is 18.6 Å². The molecular formula is C16H15BrClNO2. The van der Waals surface area contributed by atoms with Crippen molar-refractivity contribution in [2.75, 3.05) is 6.61 Å². The van der Waals surface area contributed by atoms with Crippen molar-refractivity contribution in [3.63, 3.8) is 0 Å². The minimum atomic E-state index is -0.166. The highest BCUT2D eigenvalue weighted by Crippen LogP contribution is 2.17. The number of benzene rings is 2. The Kier molecular flexibility index (Phi) is 5.65. The smallest absolute Gasteiger partial charge is 0.258 e. The van der Waals surface area contributed by atoms with Gasteiger partial charge in [-0.1, -0.05) is 39.7 Å². The summed E-state index contributed by atoms with van der Waals surface area (Å²) in [6, 6.07) is 14.7. The van der Waals surface area contributed by atoms with Gasteiger partial charge in [0, 0.05) is 9.50 Å². The van der Waals surface area contributed by atoms with Crippen LogP contribution in [0.2, 0.25) is 5.02 Å². The molecule has 2 aromatic carbocycles. The second-order valence-corrected chi connectivity index (χ2v) is 5.94. The van der Waals surface area contributed by atoms with Gasteiger partial charge in [0.1, 0.15) is 5.75 Å². The molecule has 0 saturated heterocycles. The third-order valence-electron chi connectivity index (χ3n) is 2.93. The topological polar surface area (TPSA) is 38.3 Å². The molecule has 1 N–H and O–H groups in total. The normalized spacial score (nSPS) is 11.8. The summed E-state index contributed by atoms with van der Waals surface area (Å²) < 4.78 is 6.41. The van der Waals surface area contributed by atoms with Gasteiger partial charge in [0.2, 0.25) is 0 Å². The van der Waals surface area contributed by atoms with Gasteiger partial charge in [-0.25, -0.2) is 0 Å². The van der Waals surface area contributed by atoms with Crippen LogP contribution in [0.15, 0.2) is 53.0 Å². The zero-order valence-corrected chi connectivity index (χ0v) is 13.8. The number of carbonyl (C=O) groups excluding carboxylic acids is 1. The molecule has 0 spiro atoms. The van der Waals surface area contributed by atoms with E-state index in [1.165, 1.54) is 0 Å². The zero-order chi connectivity index (χ0) is 15.2. The summed E-state index contributed by atoms with van der Waals surface area (Å²) >= 11 is 9.17. The van der Waals surface area contributed by atoms with Crippen LogP contribution in [0.25, 0.3) is 0 Å². The molecule has 0 fully saturated rings. The van der Waals surface area contributed by atoms with Gasteiger partial charge in [-0.05, 0) is 48.9 Å². The van der Waals surface area contributed by atoms with E-state index in [9.17, 15) is 4.79 Å². The Morgan fingerprint density at radius 2 is 1.81 bits per heavy atom. The molecule has 3 nitrogen and oxygen atoms in total. The molecular weight excluding hydrogens is 354 g/mol. The summed E-state index contributed by atoms with van der Waals surface area (Å²) in [6.07, 6.45) is 0. The summed E-state index contributed by atoms with van der Waals surface area (Å²) in [4.78, 5) is 11.9. The third kappa shape index (κ3) is 5.06. The van der Waals surface area contributed by atoms with Gasteiger partial charge >= 0.3 is 0 Å². The monoisotopic (exact) mass is 367 g/mol. The van der Waals surface area contributed by atoms with Crippen molar-refractivity contribution in [3.05, 3.63) is 63.6 Å². The number of rotatable bonds is 5. The molecule has 0 aliphatic heterocycles. The van der Waals surface area contributed by atoms with E-state index in [0.717, 1.165) is 10.0 Å². The van der Waals surface area contributed by atoms with Gasteiger partial charge in [-0.15, -0.1) is 0 Å². The van der Waals surface area contributed by atoms with Crippen LogP contribution in [0.1, 0.15) is 18.5 Å².